The number of aromatic nitrogens is 3. The van der Waals surface area contributed by atoms with Crippen LogP contribution in [0.3, 0.4) is 0 Å². The lowest BCUT2D eigenvalue weighted by Gasteiger charge is -2.06. The molecule has 0 spiro atoms. The Morgan fingerprint density at radius 1 is 1.04 bits per heavy atom. The topological polar surface area (TPSA) is 87.2 Å². The van der Waals surface area contributed by atoms with Gasteiger partial charge in [0.05, 0.1) is 11.6 Å². The van der Waals surface area contributed by atoms with Crippen LogP contribution in [-0.2, 0) is 11.5 Å². The first-order valence-corrected chi connectivity index (χ1v) is 7.86. The predicted molar refractivity (Wildman–Crippen MR) is 93.4 cm³/mol. The summed E-state index contributed by atoms with van der Waals surface area (Å²) >= 11 is 0. The largest absolute Gasteiger partial charge is 0.457 e. The van der Waals surface area contributed by atoms with E-state index in [9.17, 15) is 9.59 Å². The Bertz CT molecular complexity index is 1130. The van der Waals surface area contributed by atoms with Crippen molar-refractivity contribution < 1.29 is 13.9 Å². The molecule has 2 aromatic heterocycles. The molecule has 0 aliphatic carbocycles. The van der Waals surface area contributed by atoms with Gasteiger partial charge >= 0.3 is 5.97 Å². The molecule has 2 heterocycles. The van der Waals surface area contributed by atoms with Gasteiger partial charge in [-0.2, -0.15) is 4.68 Å². The van der Waals surface area contributed by atoms with E-state index in [2.05, 4.69) is 10.3 Å². The van der Waals surface area contributed by atoms with Crippen LogP contribution in [-0.4, -0.2) is 21.0 Å². The van der Waals surface area contributed by atoms with Gasteiger partial charge in [-0.3, -0.25) is 4.79 Å². The monoisotopic (exact) mass is 347 g/mol. The number of hydrogen-bond donors (Lipinski definition) is 0. The molecule has 4 aromatic rings. The highest BCUT2D eigenvalue weighted by Crippen LogP contribution is 2.25. The Labute approximate surface area is 147 Å². The number of rotatable bonds is 4. The Hall–Kier alpha value is -3.74. The zero-order chi connectivity index (χ0) is 17.9. The van der Waals surface area contributed by atoms with Gasteiger partial charge < -0.3 is 9.15 Å². The lowest BCUT2D eigenvalue weighted by molar-refractivity contribution is 0.0301. The third-order valence-electron chi connectivity index (χ3n) is 3.88. The highest BCUT2D eigenvalue weighted by atomic mass is 16.6. The van der Waals surface area contributed by atoms with E-state index < -0.39 is 5.97 Å². The molecule has 0 N–H and O–H groups in total. The van der Waals surface area contributed by atoms with Crippen molar-refractivity contribution in [1.29, 1.82) is 0 Å². The minimum atomic E-state index is -0.685. The Balaban J connectivity index is 1.57. The fraction of sp³-hybridized carbons (Fsp3) is 0.0526. The van der Waals surface area contributed by atoms with Crippen LogP contribution in [0.2, 0.25) is 0 Å². The molecule has 0 amide bonds. The molecule has 0 fully saturated rings. The van der Waals surface area contributed by atoms with Crippen molar-refractivity contribution in [3.8, 4) is 11.1 Å². The van der Waals surface area contributed by atoms with Gasteiger partial charge in [-0.25, -0.2) is 4.79 Å². The molecule has 2 aromatic carbocycles. The normalized spacial score (nSPS) is 10.8. The number of hydrogen-bond acceptors (Lipinski definition) is 6. The summed E-state index contributed by atoms with van der Waals surface area (Å²) in [4.78, 5) is 24.7. The summed E-state index contributed by atoms with van der Waals surface area (Å²) in [6, 6.07) is 17.9. The van der Waals surface area contributed by atoms with Crippen LogP contribution >= 0.6 is 0 Å². The molecule has 0 aliphatic heterocycles. The van der Waals surface area contributed by atoms with E-state index in [-0.39, 0.29) is 18.1 Å². The molecule has 0 unspecified atom stereocenters. The van der Waals surface area contributed by atoms with Gasteiger partial charge in [-0.05, 0) is 23.8 Å². The van der Waals surface area contributed by atoms with Crippen LogP contribution in [0.4, 0.5) is 0 Å². The molecule has 7 heteroatoms. The number of fused-ring (bicyclic) bond motifs is 1. The van der Waals surface area contributed by atoms with Crippen LogP contribution in [0.1, 0.15) is 10.6 Å². The quantitative estimate of drug-likeness (QED) is 0.528. The number of ether oxygens (including phenoxy) is 1. The molecule has 7 nitrogen and oxygen atoms in total. The highest BCUT2D eigenvalue weighted by Gasteiger charge is 2.19. The summed E-state index contributed by atoms with van der Waals surface area (Å²) < 4.78 is 11.5. The van der Waals surface area contributed by atoms with Crippen molar-refractivity contribution in [3.05, 3.63) is 83.0 Å². The molecule has 0 atom stereocenters. The third-order valence-corrected chi connectivity index (χ3v) is 3.88. The number of carbonyl (C=O) groups is 1. The van der Waals surface area contributed by atoms with Crippen LogP contribution in [0.5, 0.6) is 0 Å². The van der Waals surface area contributed by atoms with E-state index in [0.717, 1.165) is 10.2 Å². The number of nitrogens with zero attached hydrogens (tertiary/aromatic N) is 3. The lowest BCUT2D eigenvalue weighted by Crippen LogP contribution is -2.26. The summed E-state index contributed by atoms with van der Waals surface area (Å²) in [6.07, 6.45) is 1.42. The first kappa shape index (κ1) is 15.8. The molecule has 0 bridgehead atoms. The van der Waals surface area contributed by atoms with Gasteiger partial charge in [0.25, 0.3) is 5.56 Å². The van der Waals surface area contributed by atoms with Crippen molar-refractivity contribution in [1.82, 2.24) is 15.0 Å². The number of benzene rings is 2. The maximum absolute atomic E-state index is 12.4. The van der Waals surface area contributed by atoms with Gasteiger partial charge in [0.2, 0.25) is 5.76 Å². The third kappa shape index (κ3) is 2.86. The molecule has 0 aliphatic rings. The second-order valence-electron chi connectivity index (χ2n) is 5.50. The van der Waals surface area contributed by atoms with Gasteiger partial charge in [-0.15, -0.1) is 5.10 Å². The minimum absolute atomic E-state index is 0.0676. The summed E-state index contributed by atoms with van der Waals surface area (Å²) in [5.74, 6) is -0.617. The fourth-order valence-electron chi connectivity index (χ4n) is 2.61. The van der Waals surface area contributed by atoms with E-state index in [1.807, 2.05) is 30.3 Å². The van der Waals surface area contributed by atoms with Crippen LogP contribution in [0.15, 0.2) is 76.1 Å². The predicted octanol–water partition coefficient (Wildman–Crippen LogP) is 2.87. The van der Waals surface area contributed by atoms with E-state index in [4.69, 9.17) is 9.15 Å². The zero-order valence-corrected chi connectivity index (χ0v) is 13.5. The van der Waals surface area contributed by atoms with Crippen molar-refractivity contribution >= 4 is 16.9 Å². The highest BCUT2D eigenvalue weighted by molar-refractivity contribution is 5.94. The van der Waals surface area contributed by atoms with E-state index in [1.165, 1.54) is 6.26 Å². The van der Waals surface area contributed by atoms with Crippen LogP contribution in [0, 0.1) is 0 Å². The van der Waals surface area contributed by atoms with E-state index >= 15 is 0 Å². The number of furan rings is 1. The van der Waals surface area contributed by atoms with Crippen LogP contribution < -0.4 is 5.56 Å². The van der Waals surface area contributed by atoms with Crippen molar-refractivity contribution in [2.24, 2.45) is 0 Å². The van der Waals surface area contributed by atoms with Gasteiger partial charge in [0.1, 0.15) is 5.52 Å². The SMILES string of the molecule is O=C(OCn1nnc2ccccc2c1=O)c1occc1-c1ccccc1. The van der Waals surface area contributed by atoms with E-state index in [0.29, 0.717) is 16.5 Å². The smallest absolute Gasteiger partial charge is 0.376 e. The molecule has 26 heavy (non-hydrogen) atoms. The maximum atomic E-state index is 12.4. The Kier molecular flexibility index (Phi) is 4.03. The second kappa shape index (κ2) is 6.64. The summed E-state index contributed by atoms with van der Waals surface area (Å²) in [6.45, 7) is -0.357. The average molecular weight is 347 g/mol. The molecule has 4 rings (SSSR count). The summed E-state index contributed by atoms with van der Waals surface area (Å²) in [5, 5.41) is 8.14. The second-order valence-corrected chi connectivity index (χ2v) is 5.50. The number of carbonyl (C=O) groups excluding carboxylic acids is 1. The first-order valence-electron chi connectivity index (χ1n) is 7.86. The zero-order valence-electron chi connectivity index (χ0n) is 13.5. The lowest BCUT2D eigenvalue weighted by atomic mass is 10.1. The Morgan fingerprint density at radius 3 is 2.65 bits per heavy atom. The molecule has 128 valence electrons. The van der Waals surface area contributed by atoms with Gasteiger partial charge in [-0.1, -0.05) is 47.7 Å². The van der Waals surface area contributed by atoms with Gasteiger partial charge in [0.15, 0.2) is 6.73 Å². The minimum Gasteiger partial charge on any atom is -0.457 e. The van der Waals surface area contributed by atoms with Crippen LogP contribution in [0.25, 0.3) is 22.0 Å². The molecular weight excluding hydrogens is 334 g/mol. The molecule has 0 saturated heterocycles. The van der Waals surface area contributed by atoms with Crippen molar-refractivity contribution in [3.63, 3.8) is 0 Å². The molecule has 0 saturated carbocycles. The first-order chi connectivity index (χ1) is 12.7. The standard InChI is InChI=1S/C19H13N3O4/c23-18-15-8-4-5-9-16(15)20-21-22(18)12-26-19(24)17-14(10-11-25-17)13-6-2-1-3-7-13/h1-11H,12H2. The van der Waals surface area contributed by atoms with Crippen molar-refractivity contribution in [2.75, 3.05) is 0 Å². The average Bonchev–Trinajstić information content (AvgIpc) is 3.18. The van der Waals surface area contributed by atoms with Gasteiger partial charge in [0, 0.05) is 5.56 Å². The molecule has 0 radical (unpaired) electrons. The summed E-state index contributed by atoms with van der Waals surface area (Å²) in [7, 11) is 0. The maximum Gasteiger partial charge on any atom is 0.376 e. The van der Waals surface area contributed by atoms with Crippen molar-refractivity contribution in [2.45, 2.75) is 6.73 Å². The Morgan fingerprint density at radius 2 is 1.81 bits per heavy atom. The van der Waals surface area contributed by atoms with E-state index in [1.54, 1.807) is 30.3 Å². The summed E-state index contributed by atoms with van der Waals surface area (Å²) in [5.41, 5.74) is 1.55. The molecular formula is C19H13N3O4. The number of esters is 1. The fourth-order valence-corrected chi connectivity index (χ4v) is 2.61.